The summed E-state index contributed by atoms with van der Waals surface area (Å²) in [4.78, 5) is 9.92. The zero-order chi connectivity index (χ0) is 14.5. The second kappa shape index (κ2) is 7.30. The molecule has 2 aromatic rings. The fraction of sp³-hybridized carbons (Fsp3) is 0.333. The first-order chi connectivity index (χ1) is 9.61. The number of hydrogen-bond acceptors (Lipinski definition) is 3. The summed E-state index contributed by atoms with van der Waals surface area (Å²) in [5.74, 6) is 1.34. The Morgan fingerprint density at radius 3 is 2.35 bits per heavy atom. The lowest BCUT2D eigenvalue weighted by Gasteiger charge is -2.08. The van der Waals surface area contributed by atoms with Gasteiger partial charge in [-0.15, -0.1) is 11.8 Å². The molecule has 0 bridgehead atoms. The molecule has 0 spiro atoms. The second-order valence-electron chi connectivity index (χ2n) is 4.50. The molecule has 0 radical (unpaired) electrons. The first-order valence-corrected chi connectivity index (χ1v) is 8.25. The molecule has 1 aromatic carbocycles. The second-order valence-corrected chi connectivity index (χ2v) is 6.24. The first kappa shape index (κ1) is 15.6. The summed E-state index contributed by atoms with van der Waals surface area (Å²) in [5, 5.41) is 0.958. The van der Waals surface area contributed by atoms with Crippen molar-refractivity contribution in [1.82, 2.24) is 9.97 Å². The summed E-state index contributed by atoms with van der Waals surface area (Å²) in [6, 6.07) is 8.24. The number of thioether (sulfide) groups is 1. The summed E-state index contributed by atoms with van der Waals surface area (Å²) in [6.07, 6.45) is 1.78. The standard InChI is InChI=1S/C15H16Cl2N2S/c1-3-6-11-14(16)18-13(19-15(11)17)9-20-12-8-5-4-7-10(12)2/h4-5,7-8H,3,6,9H2,1-2H3. The lowest BCUT2D eigenvalue weighted by Crippen LogP contribution is -1.99. The Kier molecular flexibility index (Phi) is 5.70. The van der Waals surface area contributed by atoms with E-state index >= 15 is 0 Å². The Balaban J connectivity index is 2.13. The van der Waals surface area contributed by atoms with Gasteiger partial charge in [0.05, 0.1) is 5.75 Å². The Bertz CT molecular complexity index is 579. The van der Waals surface area contributed by atoms with Crippen LogP contribution in [0.1, 0.15) is 30.3 Å². The predicted octanol–water partition coefficient (Wildman–Crippen LogP) is 5.34. The maximum Gasteiger partial charge on any atom is 0.142 e. The van der Waals surface area contributed by atoms with Crippen molar-refractivity contribution < 1.29 is 0 Å². The fourth-order valence-corrected chi connectivity index (χ4v) is 3.35. The maximum atomic E-state index is 6.18. The predicted molar refractivity (Wildman–Crippen MR) is 86.8 cm³/mol. The zero-order valence-electron chi connectivity index (χ0n) is 11.5. The first-order valence-electron chi connectivity index (χ1n) is 6.51. The van der Waals surface area contributed by atoms with Gasteiger partial charge in [-0.3, -0.25) is 0 Å². The van der Waals surface area contributed by atoms with Crippen molar-refractivity contribution >= 4 is 35.0 Å². The van der Waals surface area contributed by atoms with Crippen molar-refractivity contribution in [2.75, 3.05) is 0 Å². The number of aryl methyl sites for hydroxylation is 1. The van der Waals surface area contributed by atoms with E-state index in [1.54, 1.807) is 11.8 Å². The third-order valence-corrected chi connectivity index (χ3v) is 4.70. The SMILES string of the molecule is CCCc1c(Cl)nc(CSc2ccccc2C)nc1Cl. The highest BCUT2D eigenvalue weighted by Gasteiger charge is 2.11. The number of hydrogen-bond donors (Lipinski definition) is 0. The van der Waals surface area contributed by atoms with Crippen LogP contribution in [0.2, 0.25) is 10.3 Å². The third-order valence-electron chi connectivity index (χ3n) is 2.90. The molecule has 0 atom stereocenters. The van der Waals surface area contributed by atoms with E-state index < -0.39 is 0 Å². The van der Waals surface area contributed by atoms with Gasteiger partial charge in [-0.1, -0.05) is 54.7 Å². The molecule has 5 heteroatoms. The quantitative estimate of drug-likeness (QED) is 0.548. The summed E-state index contributed by atoms with van der Waals surface area (Å²) < 4.78 is 0. The van der Waals surface area contributed by atoms with Gasteiger partial charge in [0.2, 0.25) is 0 Å². The molecule has 0 amide bonds. The number of halogens is 2. The molecular formula is C15H16Cl2N2S. The third kappa shape index (κ3) is 3.87. The molecule has 1 heterocycles. The molecule has 0 aliphatic rings. The highest BCUT2D eigenvalue weighted by atomic mass is 35.5. The van der Waals surface area contributed by atoms with Crippen LogP contribution in [0.5, 0.6) is 0 Å². The van der Waals surface area contributed by atoms with Crippen LogP contribution in [0.4, 0.5) is 0 Å². The number of rotatable bonds is 5. The average Bonchev–Trinajstić information content (AvgIpc) is 2.42. The van der Waals surface area contributed by atoms with Crippen LogP contribution >= 0.6 is 35.0 Å². The van der Waals surface area contributed by atoms with Gasteiger partial charge in [-0.05, 0) is 25.0 Å². The normalized spacial score (nSPS) is 10.8. The highest BCUT2D eigenvalue weighted by molar-refractivity contribution is 7.98. The van der Waals surface area contributed by atoms with E-state index in [1.165, 1.54) is 10.5 Å². The van der Waals surface area contributed by atoms with Gasteiger partial charge < -0.3 is 0 Å². The van der Waals surface area contributed by atoms with E-state index in [4.69, 9.17) is 23.2 Å². The molecular weight excluding hydrogens is 311 g/mol. The van der Waals surface area contributed by atoms with Gasteiger partial charge in [0.1, 0.15) is 16.1 Å². The zero-order valence-corrected chi connectivity index (χ0v) is 13.8. The summed E-state index contributed by atoms with van der Waals surface area (Å²) in [5.41, 5.74) is 2.10. The Morgan fingerprint density at radius 2 is 1.75 bits per heavy atom. The van der Waals surface area contributed by atoms with Crippen LogP contribution in [0.15, 0.2) is 29.2 Å². The summed E-state index contributed by atoms with van der Waals surface area (Å²) in [7, 11) is 0. The topological polar surface area (TPSA) is 25.8 Å². The van der Waals surface area contributed by atoms with E-state index in [0.717, 1.165) is 18.4 Å². The maximum absolute atomic E-state index is 6.18. The van der Waals surface area contributed by atoms with Gasteiger partial charge in [0.15, 0.2) is 0 Å². The number of aromatic nitrogens is 2. The highest BCUT2D eigenvalue weighted by Crippen LogP contribution is 2.27. The fourth-order valence-electron chi connectivity index (χ4n) is 1.85. The minimum absolute atomic E-state index is 0.479. The van der Waals surface area contributed by atoms with Gasteiger partial charge in [-0.2, -0.15) is 0 Å². The van der Waals surface area contributed by atoms with Crippen LogP contribution < -0.4 is 0 Å². The van der Waals surface area contributed by atoms with Crippen LogP contribution in [0.25, 0.3) is 0 Å². The van der Waals surface area contributed by atoms with Gasteiger partial charge in [0.25, 0.3) is 0 Å². The number of nitrogens with zero attached hydrogens (tertiary/aromatic N) is 2. The molecule has 0 saturated heterocycles. The van der Waals surface area contributed by atoms with Crippen LogP contribution in [-0.4, -0.2) is 9.97 Å². The molecule has 0 aliphatic heterocycles. The van der Waals surface area contributed by atoms with E-state index in [1.807, 2.05) is 12.1 Å². The van der Waals surface area contributed by atoms with E-state index in [9.17, 15) is 0 Å². The largest absolute Gasteiger partial charge is 0.220 e. The smallest absolute Gasteiger partial charge is 0.142 e. The molecule has 0 unspecified atom stereocenters. The van der Waals surface area contributed by atoms with Crippen molar-refractivity contribution in [2.45, 2.75) is 37.3 Å². The van der Waals surface area contributed by atoms with Crippen molar-refractivity contribution in [3.8, 4) is 0 Å². The molecule has 0 fully saturated rings. The number of benzene rings is 1. The minimum atomic E-state index is 0.479. The van der Waals surface area contributed by atoms with E-state index in [2.05, 4.69) is 35.9 Å². The van der Waals surface area contributed by atoms with Gasteiger partial charge in [0, 0.05) is 10.5 Å². The van der Waals surface area contributed by atoms with Crippen molar-refractivity contribution in [3.63, 3.8) is 0 Å². The lowest BCUT2D eigenvalue weighted by molar-refractivity contribution is 0.888. The molecule has 0 aliphatic carbocycles. The Morgan fingerprint density at radius 1 is 1.10 bits per heavy atom. The Hall–Kier alpha value is -0.770. The van der Waals surface area contributed by atoms with Gasteiger partial charge in [-0.25, -0.2) is 9.97 Å². The van der Waals surface area contributed by atoms with E-state index in [0.29, 0.717) is 21.9 Å². The van der Waals surface area contributed by atoms with Gasteiger partial charge >= 0.3 is 0 Å². The van der Waals surface area contributed by atoms with E-state index in [-0.39, 0.29) is 0 Å². The minimum Gasteiger partial charge on any atom is -0.220 e. The van der Waals surface area contributed by atoms with Crippen LogP contribution in [-0.2, 0) is 12.2 Å². The molecule has 1 aromatic heterocycles. The molecule has 0 N–H and O–H groups in total. The lowest BCUT2D eigenvalue weighted by atomic mass is 10.2. The van der Waals surface area contributed by atoms with Crippen molar-refractivity contribution in [1.29, 1.82) is 0 Å². The summed E-state index contributed by atoms with van der Waals surface area (Å²) >= 11 is 14.1. The Labute approximate surface area is 133 Å². The molecule has 2 nitrogen and oxygen atoms in total. The summed E-state index contributed by atoms with van der Waals surface area (Å²) in [6.45, 7) is 4.17. The molecule has 20 heavy (non-hydrogen) atoms. The molecule has 2 rings (SSSR count). The van der Waals surface area contributed by atoms with Crippen molar-refractivity contribution in [3.05, 3.63) is 51.5 Å². The van der Waals surface area contributed by atoms with Crippen molar-refractivity contribution in [2.24, 2.45) is 0 Å². The monoisotopic (exact) mass is 326 g/mol. The van der Waals surface area contributed by atoms with Crippen LogP contribution in [0, 0.1) is 6.92 Å². The van der Waals surface area contributed by atoms with Crippen LogP contribution in [0.3, 0.4) is 0 Å². The average molecular weight is 327 g/mol. The molecule has 106 valence electrons. The molecule has 0 saturated carbocycles.